The number of halogens is 1. The van der Waals surface area contributed by atoms with Crippen molar-refractivity contribution in [2.45, 2.75) is 52.5 Å². The molecule has 0 bridgehead atoms. The van der Waals surface area contributed by atoms with Gasteiger partial charge in [0.25, 0.3) is 0 Å². The van der Waals surface area contributed by atoms with E-state index in [1.807, 2.05) is 17.0 Å². The van der Waals surface area contributed by atoms with Crippen LogP contribution in [-0.4, -0.2) is 40.9 Å². The topological polar surface area (TPSA) is 33.1 Å². The highest BCUT2D eigenvalue weighted by Gasteiger charge is 2.26. The summed E-state index contributed by atoms with van der Waals surface area (Å²) in [6.07, 6.45) is 12.7. The molecule has 0 radical (unpaired) electrons. The number of likely N-dealkylation sites (tertiary alicyclic amines) is 1. The van der Waals surface area contributed by atoms with Crippen molar-refractivity contribution >= 4 is 11.6 Å². The van der Waals surface area contributed by atoms with Gasteiger partial charge in [-0.25, -0.2) is 9.07 Å². The molecule has 4 nitrogen and oxygen atoms in total. The second-order valence-corrected chi connectivity index (χ2v) is 8.59. The van der Waals surface area contributed by atoms with Gasteiger partial charge in [0.1, 0.15) is 5.82 Å². The van der Waals surface area contributed by atoms with E-state index in [1.165, 1.54) is 31.5 Å². The first-order chi connectivity index (χ1) is 15.5. The van der Waals surface area contributed by atoms with Gasteiger partial charge >= 0.3 is 0 Å². The van der Waals surface area contributed by atoms with Crippen molar-refractivity contribution in [2.24, 2.45) is 5.92 Å². The van der Waals surface area contributed by atoms with Crippen LogP contribution in [-0.2, 0) is 0 Å². The molecule has 1 fully saturated rings. The predicted octanol–water partition coefficient (Wildman–Crippen LogP) is 6.06. The standard InChI is InChI=1S/C27H37FN4/c1-6-11-26(30-25(8-3)20-12-10-17-31(5)19-20)23(7-2)24-18-29-32(27(24)9-4)22-15-13-21(28)14-16-22/h7,9,11,13-16,18,20,25,30H,4,6,8,10,12,17,19H2,1-3,5H3/b23-7+,26-11+. The summed E-state index contributed by atoms with van der Waals surface area (Å²) in [6, 6.07) is 6.81. The number of aromatic nitrogens is 2. The molecule has 0 spiro atoms. The SMILES string of the molecule is C=Cc1c(C(=C\C)/C(=C\CC)NC(CC)C2CCCN(C)C2)cnn1-c1ccc(F)cc1. The molecule has 32 heavy (non-hydrogen) atoms. The molecule has 0 saturated carbocycles. The minimum absolute atomic E-state index is 0.258. The van der Waals surface area contributed by atoms with E-state index in [4.69, 9.17) is 0 Å². The van der Waals surface area contributed by atoms with Crippen molar-refractivity contribution in [3.8, 4) is 5.69 Å². The molecular weight excluding hydrogens is 399 g/mol. The number of rotatable bonds is 9. The quantitative estimate of drug-likeness (QED) is 0.485. The summed E-state index contributed by atoms with van der Waals surface area (Å²) in [5.41, 5.74) is 5.01. The first-order valence-electron chi connectivity index (χ1n) is 11.8. The fourth-order valence-corrected chi connectivity index (χ4v) is 4.74. The van der Waals surface area contributed by atoms with E-state index in [2.05, 4.69) is 61.9 Å². The van der Waals surface area contributed by atoms with Crippen LogP contribution < -0.4 is 5.32 Å². The lowest BCUT2D eigenvalue weighted by Gasteiger charge is -2.36. The summed E-state index contributed by atoms with van der Waals surface area (Å²) in [4.78, 5) is 2.45. The van der Waals surface area contributed by atoms with Crippen molar-refractivity contribution < 1.29 is 4.39 Å². The second-order valence-electron chi connectivity index (χ2n) is 8.59. The highest BCUT2D eigenvalue weighted by atomic mass is 19.1. The molecule has 1 N–H and O–H groups in total. The van der Waals surface area contributed by atoms with Crippen LogP contribution in [0.5, 0.6) is 0 Å². The number of hydrogen-bond donors (Lipinski definition) is 1. The third kappa shape index (κ3) is 5.39. The number of piperidine rings is 1. The molecule has 1 aromatic carbocycles. The van der Waals surface area contributed by atoms with Gasteiger partial charge in [-0.2, -0.15) is 5.10 Å². The fraction of sp³-hybridized carbons (Fsp3) is 0.444. The number of hydrogen-bond acceptors (Lipinski definition) is 3. The maximum Gasteiger partial charge on any atom is 0.123 e. The lowest BCUT2D eigenvalue weighted by molar-refractivity contribution is 0.176. The maximum absolute atomic E-state index is 13.4. The predicted molar refractivity (Wildman–Crippen MR) is 133 cm³/mol. The summed E-state index contributed by atoms with van der Waals surface area (Å²) in [6.45, 7) is 12.9. The molecular formula is C27H37FN4. The molecule has 0 amide bonds. The van der Waals surface area contributed by atoms with E-state index in [0.717, 1.165) is 47.6 Å². The summed E-state index contributed by atoms with van der Waals surface area (Å²) >= 11 is 0. The third-order valence-electron chi connectivity index (χ3n) is 6.36. The number of allylic oxidation sites excluding steroid dienone is 3. The van der Waals surface area contributed by atoms with Crippen LogP contribution in [0.3, 0.4) is 0 Å². The maximum atomic E-state index is 13.4. The molecule has 5 heteroatoms. The first kappa shape index (κ1) is 24.0. The van der Waals surface area contributed by atoms with E-state index >= 15 is 0 Å². The van der Waals surface area contributed by atoms with E-state index < -0.39 is 0 Å². The normalized spacial score (nSPS) is 19.1. The van der Waals surface area contributed by atoms with Crippen molar-refractivity contribution in [1.82, 2.24) is 20.0 Å². The Morgan fingerprint density at radius 2 is 2.06 bits per heavy atom. The largest absolute Gasteiger partial charge is 0.382 e. The molecule has 2 unspecified atom stereocenters. The molecule has 2 aromatic rings. The Hall–Kier alpha value is -2.66. The zero-order valence-corrected chi connectivity index (χ0v) is 19.9. The van der Waals surface area contributed by atoms with E-state index in [-0.39, 0.29) is 5.82 Å². The van der Waals surface area contributed by atoms with Crippen LogP contribution in [0, 0.1) is 11.7 Å². The van der Waals surface area contributed by atoms with Gasteiger partial charge in [0.2, 0.25) is 0 Å². The van der Waals surface area contributed by atoms with Crippen LogP contribution >= 0.6 is 0 Å². The van der Waals surface area contributed by atoms with Crippen LogP contribution in [0.2, 0.25) is 0 Å². The van der Waals surface area contributed by atoms with Gasteiger partial charge < -0.3 is 10.2 Å². The minimum atomic E-state index is -0.258. The van der Waals surface area contributed by atoms with Crippen LogP contribution in [0.1, 0.15) is 57.7 Å². The van der Waals surface area contributed by atoms with Gasteiger partial charge in [-0.05, 0) is 82.5 Å². The molecule has 172 valence electrons. The van der Waals surface area contributed by atoms with Crippen molar-refractivity contribution in [2.75, 3.05) is 20.1 Å². The Balaban J connectivity index is 1.93. The molecule has 0 aliphatic carbocycles. The Labute approximate surface area is 192 Å². The summed E-state index contributed by atoms with van der Waals surface area (Å²) in [5.74, 6) is 0.379. The van der Waals surface area contributed by atoms with Gasteiger partial charge in [0, 0.05) is 29.4 Å². The van der Waals surface area contributed by atoms with Gasteiger partial charge in [0.15, 0.2) is 0 Å². The summed E-state index contributed by atoms with van der Waals surface area (Å²) < 4.78 is 15.2. The number of nitrogens with zero attached hydrogens (tertiary/aromatic N) is 3. The zero-order valence-electron chi connectivity index (χ0n) is 19.9. The molecule has 1 aromatic heterocycles. The molecule has 3 rings (SSSR count). The first-order valence-corrected chi connectivity index (χ1v) is 11.8. The van der Waals surface area contributed by atoms with Crippen molar-refractivity contribution in [3.63, 3.8) is 0 Å². The third-order valence-corrected chi connectivity index (χ3v) is 6.36. The lowest BCUT2D eigenvalue weighted by atomic mass is 9.88. The Kier molecular flexibility index (Phi) is 8.46. The Bertz CT molecular complexity index is 955. The Morgan fingerprint density at radius 3 is 2.66 bits per heavy atom. The highest BCUT2D eigenvalue weighted by molar-refractivity contribution is 5.82. The summed E-state index contributed by atoms with van der Waals surface area (Å²) in [7, 11) is 2.22. The van der Waals surface area contributed by atoms with Crippen molar-refractivity contribution in [3.05, 3.63) is 72.0 Å². The molecule has 2 heterocycles. The number of nitrogens with one attached hydrogen (secondary N) is 1. The molecule has 1 saturated heterocycles. The highest BCUT2D eigenvalue weighted by Crippen LogP contribution is 2.30. The average molecular weight is 437 g/mol. The Morgan fingerprint density at radius 1 is 1.31 bits per heavy atom. The van der Waals surface area contributed by atoms with Crippen LogP contribution in [0.4, 0.5) is 4.39 Å². The van der Waals surface area contributed by atoms with E-state index in [9.17, 15) is 4.39 Å². The van der Waals surface area contributed by atoms with Crippen molar-refractivity contribution in [1.29, 1.82) is 0 Å². The minimum Gasteiger partial charge on any atom is -0.382 e. The number of benzene rings is 1. The van der Waals surface area contributed by atoms with Crippen LogP contribution in [0.15, 0.2) is 54.9 Å². The fourth-order valence-electron chi connectivity index (χ4n) is 4.74. The lowest BCUT2D eigenvalue weighted by Crippen LogP contribution is -2.44. The van der Waals surface area contributed by atoms with Gasteiger partial charge in [-0.1, -0.05) is 32.6 Å². The second kappa shape index (κ2) is 11.3. The summed E-state index contributed by atoms with van der Waals surface area (Å²) in [5, 5.41) is 8.52. The van der Waals surface area contributed by atoms with Gasteiger partial charge in [-0.3, -0.25) is 0 Å². The van der Waals surface area contributed by atoms with E-state index in [0.29, 0.717) is 12.0 Å². The van der Waals surface area contributed by atoms with Gasteiger partial charge in [0.05, 0.1) is 17.6 Å². The van der Waals surface area contributed by atoms with E-state index in [1.54, 1.807) is 12.1 Å². The smallest absolute Gasteiger partial charge is 0.123 e. The monoisotopic (exact) mass is 436 g/mol. The zero-order chi connectivity index (χ0) is 23.1. The van der Waals surface area contributed by atoms with Gasteiger partial charge in [-0.15, -0.1) is 0 Å². The molecule has 1 aliphatic rings. The molecule has 2 atom stereocenters. The molecule has 1 aliphatic heterocycles. The average Bonchev–Trinajstić information content (AvgIpc) is 3.22. The van der Waals surface area contributed by atoms with Crippen LogP contribution in [0.25, 0.3) is 17.3 Å².